The third-order valence-electron chi connectivity index (χ3n) is 4.35. The summed E-state index contributed by atoms with van der Waals surface area (Å²) >= 11 is 1.97. The van der Waals surface area contributed by atoms with Crippen molar-refractivity contribution >= 4 is 11.8 Å². The van der Waals surface area contributed by atoms with Crippen molar-refractivity contribution in [1.29, 1.82) is 0 Å². The molecule has 0 spiro atoms. The summed E-state index contributed by atoms with van der Waals surface area (Å²) in [6.45, 7) is 8.10. The molecule has 0 fully saturated rings. The van der Waals surface area contributed by atoms with Gasteiger partial charge in [-0.2, -0.15) is 11.8 Å². The van der Waals surface area contributed by atoms with Gasteiger partial charge in [0.05, 0.1) is 0 Å². The second kappa shape index (κ2) is 6.72. The number of rotatable bonds is 7. The van der Waals surface area contributed by atoms with E-state index < -0.39 is 0 Å². The number of benzene rings is 1. The fourth-order valence-electron chi connectivity index (χ4n) is 2.50. The van der Waals surface area contributed by atoms with Crippen molar-refractivity contribution < 1.29 is 9.47 Å². The largest absolute Gasteiger partial charge is 0.454 e. The topological polar surface area (TPSA) is 30.5 Å². The Balaban J connectivity index is 1.99. The van der Waals surface area contributed by atoms with Crippen molar-refractivity contribution in [2.75, 3.05) is 19.6 Å². The fraction of sp³-hybridized carbons (Fsp3) is 0.625. The Labute approximate surface area is 126 Å². The predicted molar refractivity (Wildman–Crippen MR) is 85.8 cm³/mol. The number of nitrogens with one attached hydrogen (secondary N) is 1. The van der Waals surface area contributed by atoms with Crippen LogP contribution in [-0.2, 0) is 0 Å². The molecular formula is C16H25NO2S. The number of fused-ring (bicyclic) bond motifs is 1. The smallest absolute Gasteiger partial charge is 0.231 e. The molecular weight excluding hydrogens is 270 g/mol. The summed E-state index contributed by atoms with van der Waals surface area (Å²) in [5.41, 5.74) is 1.25. The van der Waals surface area contributed by atoms with Gasteiger partial charge in [-0.25, -0.2) is 0 Å². The Morgan fingerprint density at radius 2 is 1.95 bits per heavy atom. The van der Waals surface area contributed by atoms with E-state index in [1.165, 1.54) is 18.4 Å². The zero-order valence-electron chi connectivity index (χ0n) is 12.9. The molecule has 1 heterocycles. The molecule has 4 heteroatoms. The number of ether oxygens (including phenoxy) is 2. The average Bonchev–Trinajstić information content (AvgIpc) is 2.96. The molecule has 1 aliphatic rings. The van der Waals surface area contributed by atoms with Crippen molar-refractivity contribution in [3.05, 3.63) is 23.8 Å². The first-order chi connectivity index (χ1) is 9.64. The lowest BCUT2D eigenvalue weighted by molar-refractivity contribution is 0.174. The molecule has 1 unspecified atom stereocenters. The summed E-state index contributed by atoms with van der Waals surface area (Å²) < 4.78 is 11.1. The molecule has 0 aliphatic carbocycles. The summed E-state index contributed by atoms with van der Waals surface area (Å²) in [4.78, 5) is 0. The maximum absolute atomic E-state index is 5.44. The Bertz CT molecular complexity index is 438. The van der Waals surface area contributed by atoms with Crippen LogP contribution in [-0.4, -0.2) is 24.3 Å². The van der Waals surface area contributed by atoms with Gasteiger partial charge in [0.25, 0.3) is 0 Å². The van der Waals surface area contributed by atoms with Crippen molar-refractivity contribution in [2.45, 2.75) is 44.4 Å². The third-order valence-corrected chi connectivity index (χ3v) is 5.94. The average molecular weight is 295 g/mol. The quantitative estimate of drug-likeness (QED) is 0.824. The van der Waals surface area contributed by atoms with Gasteiger partial charge in [0.15, 0.2) is 11.5 Å². The maximum atomic E-state index is 5.44. The normalized spacial score (nSPS) is 15.4. The van der Waals surface area contributed by atoms with E-state index in [-0.39, 0.29) is 0 Å². The highest BCUT2D eigenvalue weighted by Gasteiger charge is 2.25. The first-order valence-corrected chi connectivity index (χ1v) is 8.54. The second-order valence-electron chi connectivity index (χ2n) is 5.31. The molecule has 1 aliphatic heterocycles. The van der Waals surface area contributed by atoms with Crippen LogP contribution >= 0.6 is 11.8 Å². The zero-order chi connectivity index (χ0) is 14.6. The van der Waals surface area contributed by atoms with Crippen LogP contribution in [0.15, 0.2) is 18.2 Å². The molecule has 0 amide bonds. The highest BCUT2D eigenvalue weighted by atomic mass is 32.2. The van der Waals surface area contributed by atoms with E-state index in [9.17, 15) is 0 Å². The van der Waals surface area contributed by atoms with Crippen LogP contribution in [0.3, 0.4) is 0 Å². The fourth-order valence-corrected chi connectivity index (χ4v) is 3.31. The number of thioether (sulfide) groups is 1. The summed E-state index contributed by atoms with van der Waals surface area (Å²) in [5.74, 6) is 1.71. The van der Waals surface area contributed by atoms with Gasteiger partial charge < -0.3 is 14.8 Å². The van der Waals surface area contributed by atoms with Gasteiger partial charge in [0.2, 0.25) is 6.79 Å². The molecule has 0 bridgehead atoms. The minimum absolute atomic E-state index is 0.314. The van der Waals surface area contributed by atoms with Crippen LogP contribution in [0.4, 0.5) is 0 Å². The van der Waals surface area contributed by atoms with Gasteiger partial charge >= 0.3 is 0 Å². The van der Waals surface area contributed by atoms with E-state index in [0.29, 0.717) is 17.6 Å². The lowest BCUT2D eigenvalue weighted by Crippen LogP contribution is -2.37. The van der Waals surface area contributed by atoms with E-state index >= 15 is 0 Å². The summed E-state index contributed by atoms with van der Waals surface area (Å²) in [7, 11) is 0. The Morgan fingerprint density at radius 1 is 1.25 bits per heavy atom. The summed E-state index contributed by atoms with van der Waals surface area (Å²) in [5, 5.41) is 3.67. The van der Waals surface area contributed by atoms with Gasteiger partial charge in [-0.3, -0.25) is 0 Å². The third kappa shape index (κ3) is 3.23. The van der Waals surface area contributed by atoms with Crippen LogP contribution in [0.25, 0.3) is 0 Å². The van der Waals surface area contributed by atoms with E-state index in [4.69, 9.17) is 9.47 Å². The van der Waals surface area contributed by atoms with Gasteiger partial charge in [0.1, 0.15) is 0 Å². The van der Waals surface area contributed by atoms with Gasteiger partial charge in [-0.1, -0.05) is 19.9 Å². The Morgan fingerprint density at radius 3 is 2.60 bits per heavy atom. The van der Waals surface area contributed by atoms with Crippen molar-refractivity contribution in [3.8, 4) is 11.5 Å². The maximum Gasteiger partial charge on any atom is 0.231 e. The molecule has 0 radical (unpaired) electrons. The van der Waals surface area contributed by atoms with Crippen LogP contribution < -0.4 is 14.8 Å². The highest BCUT2D eigenvalue weighted by Crippen LogP contribution is 2.35. The van der Waals surface area contributed by atoms with Crippen LogP contribution in [0, 0.1) is 0 Å². The minimum atomic E-state index is 0.314. The van der Waals surface area contributed by atoms with Crippen molar-refractivity contribution in [2.24, 2.45) is 0 Å². The lowest BCUT2D eigenvalue weighted by Gasteiger charge is -2.31. The van der Waals surface area contributed by atoms with E-state index in [1.54, 1.807) is 0 Å². The highest BCUT2D eigenvalue weighted by molar-refractivity contribution is 8.00. The molecule has 1 N–H and O–H groups in total. The molecule has 112 valence electrons. The standard InChI is InChI=1S/C16H25NO2S/c1-5-16(6-2,20-4)10-17-12(3)13-7-8-14-15(9-13)19-11-18-14/h7-9,12,17H,5-6,10-11H2,1-4H3. The molecule has 1 atom stereocenters. The minimum Gasteiger partial charge on any atom is -0.454 e. The number of hydrogen-bond acceptors (Lipinski definition) is 4. The zero-order valence-corrected chi connectivity index (χ0v) is 13.7. The molecule has 3 nitrogen and oxygen atoms in total. The second-order valence-corrected chi connectivity index (χ2v) is 6.58. The van der Waals surface area contributed by atoms with Crippen molar-refractivity contribution in [1.82, 2.24) is 5.32 Å². The Hall–Kier alpha value is -0.870. The molecule has 1 aromatic carbocycles. The summed E-state index contributed by atoms with van der Waals surface area (Å²) in [6, 6.07) is 6.51. The molecule has 0 saturated heterocycles. The van der Waals surface area contributed by atoms with E-state index in [0.717, 1.165) is 18.0 Å². The van der Waals surface area contributed by atoms with Crippen molar-refractivity contribution in [3.63, 3.8) is 0 Å². The Kier molecular flexibility index (Phi) is 5.22. The molecule has 1 aromatic rings. The van der Waals surface area contributed by atoms with E-state index in [1.807, 2.05) is 17.8 Å². The van der Waals surface area contributed by atoms with Gasteiger partial charge in [-0.15, -0.1) is 0 Å². The molecule has 0 aromatic heterocycles. The number of hydrogen-bond donors (Lipinski definition) is 1. The molecule has 20 heavy (non-hydrogen) atoms. The first-order valence-electron chi connectivity index (χ1n) is 7.32. The van der Waals surface area contributed by atoms with Gasteiger partial charge in [0, 0.05) is 17.3 Å². The monoisotopic (exact) mass is 295 g/mol. The van der Waals surface area contributed by atoms with Crippen LogP contribution in [0.1, 0.15) is 45.2 Å². The van der Waals surface area contributed by atoms with Crippen LogP contribution in [0.2, 0.25) is 0 Å². The first kappa shape index (κ1) is 15.5. The van der Waals surface area contributed by atoms with Gasteiger partial charge in [-0.05, 0) is 43.7 Å². The predicted octanol–water partition coefficient (Wildman–Crippen LogP) is 3.99. The lowest BCUT2D eigenvalue weighted by atomic mass is 10.0. The molecule has 0 saturated carbocycles. The SMILES string of the molecule is CCC(CC)(CNC(C)c1ccc2c(c1)OCO2)SC. The van der Waals surface area contributed by atoms with E-state index in [2.05, 4.69) is 44.5 Å². The van der Waals surface area contributed by atoms with Crippen LogP contribution in [0.5, 0.6) is 11.5 Å². The molecule has 2 rings (SSSR count). The summed E-state index contributed by atoms with van der Waals surface area (Å²) in [6.07, 6.45) is 4.58.